The van der Waals surface area contributed by atoms with Gasteiger partial charge in [0.25, 0.3) is 0 Å². The lowest BCUT2D eigenvalue weighted by molar-refractivity contribution is 0.186. The van der Waals surface area contributed by atoms with Crippen molar-refractivity contribution in [2.45, 2.75) is 37.8 Å². The van der Waals surface area contributed by atoms with Crippen molar-refractivity contribution in [3.8, 4) is 0 Å². The number of aliphatic hydroxyl groups is 1. The fourth-order valence-corrected chi connectivity index (χ4v) is 4.48. The smallest absolute Gasteiger partial charge is 0.244 e. The van der Waals surface area contributed by atoms with Crippen molar-refractivity contribution < 1.29 is 17.9 Å². The Morgan fingerprint density at radius 3 is 2.57 bits per heavy atom. The van der Waals surface area contributed by atoms with Crippen molar-refractivity contribution in [3.05, 3.63) is 57.6 Å². The molecule has 0 aliphatic carbocycles. The molecule has 0 amide bonds. The standard InChI is InChI=1S/C19H26ClFN4O3S.ClH/c1-12-16(19(13(2)26)25(23-12)11-15(21)7-8-22)9-14-5-6-18(17(20)10-14)29(27,28)24(3)4;/h5-7,10,13,26H,8-9,11,22H2,1-4H3;1H. The number of aromatic nitrogens is 2. The quantitative estimate of drug-likeness (QED) is 0.604. The summed E-state index contributed by atoms with van der Waals surface area (Å²) in [5, 5.41) is 14.7. The van der Waals surface area contributed by atoms with E-state index in [0.717, 1.165) is 15.4 Å². The normalized spacial score (nSPS) is 13.4. The van der Waals surface area contributed by atoms with Crippen LogP contribution in [0, 0.1) is 6.92 Å². The van der Waals surface area contributed by atoms with Crippen LogP contribution >= 0.6 is 24.0 Å². The summed E-state index contributed by atoms with van der Waals surface area (Å²) in [5.41, 5.74) is 7.95. The molecule has 0 radical (unpaired) electrons. The van der Waals surface area contributed by atoms with Crippen LogP contribution in [-0.4, -0.2) is 48.3 Å². The molecule has 2 rings (SSSR count). The molecule has 0 aliphatic rings. The fourth-order valence-electron chi connectivity index (χ4n) is 3.04. The molecule has 30 heavy (non-hydrogen) atoms. The lowest BCUT2D eigenvalue weighted by Gasteiger charge is -2.14. The molecule has 0 saturated carbocycles. The fraction of sp³-hybridized carbons (Fsp3) is 0.421. The molecule has 2 aromatic rings. The highest BCUT2D eigenvalue weighted by Gasteiger charge is 2.23. The van der Waals surface area contributed by atoms with Gasteiger partial charge >= 0.3 is 0 Å². The van der Waals surface area contributed by atoms with E-state index in [0.29, 0.717) is 17.8 Å². The molecule has 0 fully saturated rings. The van der Waals surface area contributed by atoms with Gasteiger partial charge in [-0.1, -0.05) is 17.7 Å². The number of sulfonamides is 1. The van der Waals surface area contributed by atoms with Crippen molar-refractivity contribution in [1.82, 2.24) is 14.1 Å². The van der Waals surface area contributed by atoms with Crippen LogP contribution in [0.25, 0.3) is 0 Å². The molecule has 11 heteroatoms. The van der Waals surface area contributed by atoms with Crippen molar-refractivity contribution in [2.24, 2.45) is 5.73 Å². The maximum Gasteiger partial charge on any atom is 0.244 e. The molecule has 1 unspecified atom stereocenters. The van der Waals surface area contributed by atoms with E-state index in [4.69, 9.17) is 17.3 Å². The Morgan fingerprint density at radius 1 is 1.43 bits per heavy atom. The van der Waals surface area contributed by atoms with Gasteiger partial charge in [-0.3, -0.25) is 4.68 Å². The lowest BCUT2D eigenvalue weighted by Crippen LogP contribution is -2.22. The monoisotopic (exact) mass is 480 g/mol. The van der Waals surface area contributed by atoms with E-state index in [2.05, 4.69) is 5.10 Å². The second kappa shape index (κ2) is 10.7. The Morgan fingerprint density at radius 2 is 2.07 bits per heavy atom. The molecular formula is C19H27Cl2FN4O3S. The molecule has 1 heterocycles. The van der Waals surface area contributed by atoms with E-state index in [9.17, 15) is 17.9 Å². The number of aliphatic hydroxyl groups excluding tert-OH is 1. The number of halogens is 3. The van der Waals surface area contributed by atoms with Gasteiger partial charge in [0.05, 0.1) is 29.1 Å². The predicted octanol–water partition coefficient (Wildman–Crippen LogP) is 2.97. The van der Waals surface area contributed by atoms with Crippen LogP contribution in [-0.2, 0) is 23.0 Å². The van der Waals surface area contributed by atoms with Crippen LogP contribution in [0.5, 0.6) is 0 Å². The summed E-state index contributed by atoms with van der Waals surface area (Å²) >= 11 is 6.23. The molecule has 0 aliphatic heterocycles. The SMILES string of the molecule is Cc1nn(CC(F)=CCN)c(C(C)O)c1Cc1ccc(S(=O)(=O)N(C)C)c(Cl)c1.Cl. The summed E-state index contributed by atoms with van der Waals surface area (Å²) in [6, 6.07) is 4.70. The zero-order valence-electron chi connectivity index (χ0n) is 17.3. The summed E-state index contributed by atoms with van der Waals surface area (Å²) in [4.78, 5) is 0.0186. The van der Waals surface area contributed by atoms with Crippen LogP contribution in [0.15, 0.2) is 35.0 Å². The highest BCUT2D eigenvalue weighted by Crippen LogP contribution is 2.29. The van der Waals surface area contributed by atoms with Gasteiger partial charge in [0, 0.05) is 32.6 Å². The van der Waals surface area contributed by atoms with Gasteiger partial charge in [0.1, 0.15) is 10.7 Å². The van der Waals surface area contributed by atoms with Crippen molar-refractivity contribution in [1.29, 1.82) is 0 Å². The number of rotatable bonds is 8. The number of hydrogen-bond donors (Lipinski definition) is 2. The molecule has 1 aromatic heterocycles. The summed E-state index contributed by atoms with van der Waals surface area (Å²) < 4.78 is 41.1. The van der Waals surface area contributed by atoms with E-state index in [1.807, 2.05) is 0 Å². The first-order valence-electron chi connectivity index (χ1n) is 8.98. The van der Waals surface area contributed by atoms with E-state index < -0.39 is 22.0 Å². The van der Waals surface area contributed by atoms with E-state index in [1.54, 1.807) is 26.0 Å². The van der Waals surface area contributed by atoms with Gasteiger partial charge in [-0.2, -0.15) is 5.10 Å². The first-order valence-corrected chi connectivity index (χ1v) is 10.8. The number of benzene rings is 1. The number of allylic oxidation sites excluding steroid dienone is 1. The third-order valence-electron chi connectivity index (χ3n) is 4.47. The van der Waals surface area contributed by atoms with Crippen LogP contribution in [0.1, 0.15) is 35.5 Å². The average Bonchev–Trinajstić information content (AvgIpc) is 2.89. The van der Waals surface area contributed by atoms with E-state index in [1.165, 1.54) is 30.9 Å². The maximum atomic E-state index is 13.9. The van der Waals surface area contributed by atoms with Gasteiger partial charge in [-0.15, -0.1) is 12.4 Å². The first kappa shape index (κ1) is 26.5. The average molecular weight is 481 g/mol. The molecular weight excluding hydrogens is 454 g/mol. The number of nitrogens with zero attached hydrogens (tertiary/aromatic N) is 3. The largest absolute Gasteiger partial charge is 0.387 e. The lowest BCUT2D eigenvalue weighted by atomic mass is 10.0. The molecule has 7 nitrogen and oxygen atoms in total. The summed E-state index contributed by atoms with van der Waals surface area (Å²) in [7, 11) is -0.785. The molecule has 1 atom stereocenters. The zero-order chi connectivity index (χ0) is 21.9. The number of aryl methyl sites for hydroxylation is 1. The maximum absolute atomic E-state index is 13.9. The number of hydrogen-bond acceptors (Lipinski definition) is 5. The zero-order valence-corrected chi connectivity index (χ0v) is 19.7. The van der Waals surface area contributed by atoms with Crippen LogP contribution in [0.4, 0.5) is 4.39 Å². The van der Waals surface area contributed by atoms with Gasteiger partial charge in [0.15, 0.2) is 0 Å². The Bertz CT molecular complexity index is 1020. The van der Waals surface area contributed by atoms with Crippen LogP contribution in [0.3, 0.4) is 0 Å². The van der Waals surface area contributed by atoms with Crippen LogP contribution < -0.4 is 5.73 Å². The minimum atomic E-state index is -3.66. The Kier molecular flexibility index (Phi) is 9.47. The molecule has 3 N–H and O–H groups in total. The molecule has 0 saturated heterocycles. The Labute approximate surface area is 187 Å². The Hall–Kier alpha value is -1.49. The Balaban J connectivity index is 0.00000450. The summed E-state index contributed by atoms with van der Waals surface area (Å²) in [5.74, 6) is -0.440. The highest BCUT2D eigenvalue weighted by atomic mass is 35.5. The minimum absolute atomic E-state index is 0. The second-order valence-corrected chi connectivity index (χ2v) is 9.43. The third-order valence-corrected chi connectivity index (χ3v) is 6.76. The molecule has 0 spiro atoms. The van der Waals surface area contributed by atoms with Crippen molar-refractivity contribution >= 4 is 34.0 Å². The van der Waals surface area contributed by atoms with Gasteiger partial charge in [0.2, 0.25) is 10.0 Å². The highest BCUT2D eigenvalue weighted by molar-refractivity contribution is 7.89. The summed E-state index contributed by atoms with van der Waals surface area (Å²) in [6.07, 6.45) is 0.739. The molecule has 168 valence electrons. The van der Waals surface area contributed by atoms with E-state index in [-0.39, 0.29) is 35.4 Å². The van der Waals surface area contributed by atoms with Gasteiger partial charge < -0.3 is 10.8 Å². The van der Waals surface area contributed by atoms with Gasteiger partial charge in [-0.05, 0) is 37.6 Å². The number of nitrogens with two attached hydrogens (primary N) is 1. The molecule has 1 aromatic carbocycles. The minimum Gasteiger partial charge on any atom is -0.387 e. The third kappa shape index (κ3) is 5.81. The van der Waals surface area contributed by atoms with Crippen LogP contribution in [0.2, 0.25) is 5.02 Å². The van der Waals surface area contributed by atoms with Crippen molar-refractivity contribution in [2.75, 3.05) is 20.6 Å². The molecule has 0 bridgehead atoms. The predicted molar refractivity (Wildman–Crippen MR) is 118 cm³/mol. The topological polar surface area (TPSA) is 101 Å². The summed E-state index contributed by atoms with van der Waals surface area (Å²) in [6.45, 7) is 3.30. The second-order valence-electron chi connectivity index (χ2n) is 6.90. The first-order chi connectivity index (χ1) is 13.5. The van der Waals surface area contributed by atoms with Crippen molar-refractivity contribution in [3.63, 3.8) is 0 Å². The van der Waals surface area contributed by atoms with Gasteiger partial charge in [-0.25, -0.2) is 17.1 Å². The van der Waals surface area contributed by atoms with E-state index >= 15 is 0 Å².